The lowest BCUT2D eigenvalue weighted by molar-refractivity contribution is 0.378. The minimum Gasteiger partial charge on any atom is -0.303 e. The van der Waals surface area contributed by atoms with Crippen LogP contribution in [0, 0.1) is 0 Å². The average Bonchev–Trinajstić information content (AvgIpc) is 2.18. The Bertz CT molecular complexity index is 246. The van der Waals surface area contributed by atoms with Gasteiger partial charge in [-0.1, -0.05) is 37.3 Å². The van der Waals surface area contributed by atoms with Crippen molar-refractivity contribution in [2.24, 2.45) is 0 Å². The Morgan fingerprint density at radius 3 is 2.36 bits per heavy atom. The summed E-state index contributed by atoms with van der Waals surface area (Å²) >= 11 is 0. The zero-order valence-electron chi connectivity index (χ0n) is 9.33. The maximum atomic E-state index is 2.34. The molecule has 0 saturated carbocycles. The molecule has 0 fully saturated rings. The fourth-order valence-corrected chi connectivity index (χ4v) is 2.73. The summed E-state index contributed by atoms with van der Waals surface area (Å²) in [6.07, 6.45) is 2.47. The second-order valence-corrected chi connectivity index (χ2v) is 5.51. The maximum Gasteiger partial charge on any atom is 0.0302 e. The minimum absolute atomic E-state index is 0.711. The topological polar surface area (TPSA) is 3.24 Å². The van der Waals surface area contributed by atoms with Gasteiger partial charge in [-0.15, -0.1) is 8.58 Å². The van der Waals surface area contributed by atoms with E-state index in [-0.39, 0.29) is 0 Å². The third kappa shape index (κ3) is 3.77. The van der Waals surface area contributed by atoms with Crippen LogP contribution in [0.3, 0.4) is 0 Å². The van der Waals surface area contributed by atoms with Crippen molar-refractivity contribution in [3.05, 3.63) is 35.9 Å². The molecule has 0 aliphatic carbocycles. The van der Waals surface area contributed by atoms with Crippen molar-refractivity contribution in [2.45, 2.75) is 19.1 Å². The van der Waals surface area contributed by atoms with Crippen LogP contribution < -0.4 is 0 Å². The maximum absolute atomic E-state index is 2.34. The Balaban J connectivity index is 2.55. The summed E-state index contributed by atoms with van der Waals surface area (Å²) in [5, 5.41) is 0. The van der Waals surface area contributed by atoms with E-state index in [1.165, 1.54) is 18.1 Å². The first kappa shape index (κ1) is 11.7. The molecular weight excluding hydrogens is 189 g/mol. The Hall–Kier alpha value is -0.390. The van der Waals surface area contributed by atoms with Gasteiger partial charge in [0.2, 0.25) is 0 Å². The van der Waals surface area contributed by atoms with Crippen molar-refractivity contribution in [3.63, 3.8) is 0 Å². The van der Waals surface area contributed by atoms with Crippen LogP contribution in [0.25, 0.3) is 0 Å². The first-order valence-corrected chi connectivity index (χ1v) is 6.46. The summed E-state index contributed by atoms with van der Waals surface area (Å²) in [5.41, 5.74) is 1.45. The van der Waals surface area contributed by atoms with Crippen molar-refractivity contribution in [2.75, 3.05) is 20.3 Å². The standard InChI is InChI=1S/C12H20NP/c1-4-14-12(13(2)3)10-11-8-6-5-7-9-11/h5-9,12,14H,4,10H2,1-3H3. The molecule has 14 heavy (non-hydrogen) atoms. The van der Waals surface area contributed by atoms with Crippen molar-refractivity contribution in [3.8, 4) is 0 Å². The van der Waals surface area contributed by atoms with Crippen molar-refractivity contribution < 1.29 is 0 Å². The Kier molecular flexibility index (Phi) is 5.14. The minimum atomic E-state index is 0.711. The fraction of sp³-hybridized carbons (Fsp3) is 0.500. The van der Waals surface area contributed by atoms with Crippen LogP contribution in [0.15, 0.2) is 30.3 Å². The van der Waals surface area contributed by atoms with E-state index >= 15 is 0 Å². The highest BCUT2D eigenvalue weighted by molar-refractivity contribution is 7.38. The molecule has 1 aromatic rings. The molecule has 0 saturated heterocycles. The lowest BCUT2D eigenvalue weighted by Crippen LogP contribution is -2.25. The largest absolute Gasteiger partial charge is 0.303 e. The summed E-state index contributed by atoms with van der Waals surface area (Å²) < 4.78 is 0. The molecule has 0 heterocycles. The first-order valence-electron chi connectivity index (χ1n) is 5.17. The number of rotatable bonds is 5. The van der Waals surface area contributed by atoms with Gasteiger partial charge in [0.25, 0.3) is 0 Å². The van der Waals surface area contributed by atoms with Crippen LogP contribution in [0.4, 0.5) is 0 Å². The van der Waals surface area contributed by atoms with Crippen LogP contribution >= 0.6 is 8.58 Å². The molecule has 0 aliphatic heterocycles. The van der Waals surface area contributed by atoms with Gasteiger partial charge in [0.15, 0.2) is 0 Å². The molecule has 0 aromatic heterocycles. The van der Waals surface area contributed by atoms with E-state index in [2.05, 4.69) is 56.3 Å². The predicted octanol–water partition coefficient (Wildman–Crippen LogP) is 2.82. The van der Waals surface area contributed by atoms with E-state index in [1.807, 2.05) is 0 Å². The van der Waals surface area contributed by atoms with E-state index in [0.717, 1.165) is 8.58 Å². The van der Waals surface area contributed by atoms with Gasteiger partial charge in [-0.05, 0) is 32.2 Å². The SMILES string of the molecule is CCPC(Cc1ccccc1)N(C)C. The Morgan fingerprint density at radius 1 is 1.21 bits per heavy atom. The van der Waals surface area contributed by atoms with Gasteiger partial charge < -0.3 is 4.90 Å². The molecule has 1 rings (SSSR count). The molecular formula is C12H20NP. The van der Waals surface area contributed by atoms with E-state index < -0.39 is 0 Å². The van der Waals surface area contributed by atoms with E-state index in [4.69, 9.17) is 0 Å². The first-order chi connectivity index (χ1) is 6.74. The average molecular weight is 209 g/mol. The van der Waals surface area contributed by atoms with Crippen molar-refractivity contribution in [1.29, 1.82) is 0 Å². The highest BCUT2D eigenvalue weighted by Gasteiger charge is 2.10. The highest BCUT2D eigenvalue weighted by Crippen LogP contribution is 2.23. The van der Waals surface area contributed by atoms with E-state index in [1.54, 1.807) is 0 Å². The third-order valence-electron chi connectivity index (χ3n) is 2.33. The molecule has 2 atom stereocenters. The molecule has 0 bridgehead atoms. The smallest absolute Gasteiger partial charge is 0.0302 e. The molecule has 1 aromatic carbocycles. The van der Waals surface area contributed by atoms with Gasteiger partial charge in [0, 0.05) is 5.78 Å². The number of hydrogen-bond donors (Lipinski definition) is 0. The molecule has 0 aliphatic rings. The normalized spacial score (nSPS) is 14.0. The summed E-state index contributed by atoms with van der Waals surface area (Å²) in [6.45, 7) is 2.26. The quantitative estimate of drug-likeness (QED) is 0.674. The molecule has 2 unspecified atom stereocenters. The molecule has 2 heteroatoms. The second-order valence-electron chi connectivity index (χ2n) is 3.73. The van der Waals surface area contributed by atoms with E-state index in [9.17, 15) is 0 Å². The number of hydrogen-bond acceptors (Lipinski definition) is 1. The van der Waals surface area contributed by atoms with Crippen LogP contribution in [0.2, 0.25) is 0 Å². The number of likely N-dealkylation sites (N-methyl/N-ethyl adjacent to an activating group) is 1. The molecule has 0 N–H and O–H groups in total. The summed E-state index contributed by atoms with van der Waals surface area (Å²) in [6, 6.07) is 10.8. The second kappa shape index (κ2) is 6.16. The van der Waals surface area contributed by atoms with Gasteiger partial charge in [-0.25, -0.2) is 0 Å². The van der Waals surface area contributed by atoms with Crippen molar-refractivity contribution in [1.82, 2.24) is 4.90 Å². The van der Waals surface area contributed by atoms with Gasteiger partial charge in [-0.3, -0.25) is 0 Å². The van der Waals surface area contributed by atoms with Gasteiger partial charge in [-0.2, -0.15) is 0 Å². The third-order valence-corrected chi connectivity index (χ3v) is 3.93. The lowest BCUT2D eigenvalue weighted by atomic mass is 10.1. The van der Waals surface area contributed by atoms with Crippen LogP contribution in [-0.4, -0.2) is 30.9 Å². The summed E-state index contributed by atoms with van der Waals surface area (Å²) in [5.74, 6) is 0.711. The van der Waals surface area contributed by atoms with Crippen LogP contribution in [0.1, 0.15) is 12.5 Å². The summed E-state index contributed by atoms with van der Waals surface area (Å²) in [7, 11) is 5.39. The van der Waals surface area contributed by atoms with Gasteiger partial charge in [0.05, 0.1) is 0 Å². The molecule has 0 spiro atoms. The van der Waals surface area contributed by atoms with Gasteiger partial charge in [0.1, 0.15) is 0 Å². The zero-order valence-corrected chi connectivity index (χ0v) is 10.3. The van der Waals surface area contributed by atoms with E-state index in [0.29, 0.717) is 5.78 Å². The van der Waals surface area contributed by atoms with Crippen molar-refractivity contribution >= 4 is 8.58 Å². The monoisotopic (exact) mass is 209 g/mol. The molecule has 0 radical (unpaired) electrons. The predicted molar refractivity (Wildman–Crippen MR) is 66.5 cm³/mol. The van der Waals surface area contributed by atoms with Crippen LogP contribution in [-0.2, 0) is 6.42 Å². The Morgan fingerprint density at radius 2 is 1.86 bits per heavy atom. The fourth-order valence-electron chi connectivity index (χ4n) is 1.51. The lowest BCUT2D eigenvalue weighted by Gasteiger charge is -2.23. The molecule has 1 nitrogen and oxygen atoms in total. The number of benzene rings is 1. The summed E-state index contributed by atoms with van der Waals surface area (Å²) in [4.78, 5) is 2.34. The van der Waals surface area contributed by atoms with Gasteiger partial charge >= 0.3 is 0 Å². The Labute approximate surface area is 89.3 Å². The number of nitrogens with zero attached hydrogens (tertiary/aromatic N) is 1. The molecule has 78 valence electrons. The molecule has 0 amide bonds. The van der Waals surface area contributed by atoms with Crippen LogP contribution in [0.5, 0.6) is 0 Å². The highest BCUT2D eigenvalue weighted by atomic mass is 31.1. The zero-order chi connectivity index (χ0) is 10.4.